The molecule has 0 saturated heterocycles. The summed E-state index contributed by atoms with van der Waals surface area (Å²) in [5.41, 5.74) is 0.389. The van der Waals surface area contributed by atoms with Gasteiger partial charge >= 0.3 is 6.61 Å². The highest BCUT2D eigenvalue weighted by molar-refractivity contribution is 5.41. The molecule has 0 aliphatic carbocycles. The van der Waals surface area contributed by atoms with Gasteiger partial charge in [-0.25, -0.2) is 4.98 Å². The Morgan fingerprint density at radius 1 is 1.53 bits per heavy atom. The van der Waals surface area contributed by atoms with Gasteiger partial charge < -0.3 is 4.74 Å². The van der Waals surface area contributed by atoms with Crippen molar-refractivity contribution in [2.45, 2.75) is 13.5 Å². The molecule has 2 aromatic heterocycles. The van der Waals surface area contributed by atoms with E-state index >= 15 is 0 Å². The summed E-state index contributed by atoms with van der Waals surface area (Å²) in [6, 6.07) is 2.52. The average Bonchev–Trinajstić information content (AvgIpc) is 2.45. The molecule has 7 heteroatoms. The molecule has 0 radical (unpaired) electrons. The Bertz CT molecular complexity index is 546. The lowest BCUT2D eigenvalue weighted by atomic mass is 10.4. The number of aromatic nitrogens is 3. The monoisotopic (exact) mass is 215 g/mol. The van der Waals surface area contributed by atoms with Gasteiger partial charge in [0.25, 0.3) is 5.56 Å². The minimum Gasteiger partial charge on any atom is -0.417 e. The maximum atomic E-state index is 11.9. The van der Waals surface area contributed by atoms with E-state index in [4.69, 9.17) is 0 Å². The SMILES string of the molecule is Cc1cc(=O)n2[nH]c(OC(F)F)cc2n1. The Balaban J connectivity index is 2.55. The van der Waals surface area contributed by atoms with Gasteiger partial charge in [-0.2, -0.15) is 13.3 Å². The normalized spacial score (nSPS) is 11.2. The minimum absolute atomic E-state index is 0.194. The standard InChI is InChI=1S/C8H7F2N3O2/c1-4-2-7(14)13-5(11-4)3-6(12-13)15-8(9)10/h2-3,8,12H,1H3. The van der Waals surface area contributed by atoms with E-state index in [2.05, 4.69) is 14.8 Å². The fraction of sp³-hybridized carbons (Fsp3) is 0.250. The number of aryl methyl sites for hydroxylation is 1. The zero-order valence-electron chi connectivity index (χ0n) is 7.70. The van der Waals surface area contributed by atoms with Crippen molar-refractivity contribution >= 4 is 5.65 Å². The molecule has 0 atom stereocenters. The van der Waals surface area contributed by atoms with E-state index in [0.717, 1.165) is 4.52 Å². The molecule has 0 bridgehead atoms. The molecule has 0 aliphatic heterocycles. The van der Waals surface area contributed by atoms with Gasteiger partial charge in [0.05, 0.1) is 0 Å². The summed E-state index contributed by atoms with van der Waals surface area (Å²) in [4.78, 5) is 15.3. The summed E-state index contributed by atoms with van der Waals surface area (Å²) >= 11 is 0. The molecule has 0 amide bonds. The van der Waals surface area contributed by atoms with Crippen LogP contribution in [0.4, 0.5) is 8.78 Å². The molecule has 0 spiro atoms. The topological polar surface area (TPSA) is 59.4 Å². The third-order valence-electron chi connectivity index (χ3n) is 1.77. The molecule has 15 heavy (non-hydrogen) atoms. The van der Waals surface area contributed by atoms with Crippen LogP contribution in [-0.2, 0) is 0 Å². The van der Waals surface area contributed by atoms with Crippen molar-refractivity contribution in [1.29, 1.82) is 0 Å². The largest absolute Gasteiger partial charge is 0.417 e. The average molecular weight is 215 g/mol. The molecule has 0 aromatic carbocycles. The van der Waals surface area contributed by atoms with Crippen LogP contribution in [0.25, 0.3) is 5.65 Å². The van der Waals surface area contributed by atoms with Crippen LogP contribution in [0.1, 0.15) is 5.69 Å². The van der Waals surface area contributed by atoms with E-state index in [1.165, 1.54) is 12.1 Å². The molecule has 2 aromatic rings. The smallest absolute Gasteiger partial charge is 0.388 e. The van der Waals surface area contributed by atoms with E-state index in [0.29, 0.717) is 5.69 Å². The number of nitrogens with one attached hydrogen (secondary N) is 1. The Hall–Kier alpha value is -1.92. The Labute approximate surface area is 82.3 Å². The minimum atomic E-state index is -2.94. The van der Waals surface area contributed by atoms with Crippen LogP contribution < -0.4 is 10.3 Å². The predicted octanol–water partition coefficient (Wildman–Crippen LogP) is 0.932. The van der Waals surface area contributed by atoms with Crippen LogP contribution in [0.5, 0.6) is 5.88 Å². The van der Waals surface area contributed by atoms with Crippen molar-refractivity contribution < 1.29 is 13.5 Å². The number of fused-ring (bicyclic) bond motifs is 1. The van der Waals surface area contributed by atoms with Gasteiger partial charge in [-0.15, -0.1) is 0 Å². The van der Waals surface area contributed by atoms with Crippen molar-refractivity contribution in [3.63, 3.8) is 0 Å². The maximum absolute atomic E-state index is 11.9. The molecule has 0 unspecified atom stereocenters. The molecule has 2 heterocycles. The van der Waals surface area contributed by atoms with Crippen molar-refractivity contribution in [3.8, 4) is 5.88 Å². The molecule has 1 N–H and O–H groups in total. The van der Waals surface area contributed by atoms with Gasteiger partial charge in [-0.05, 0) is 6.92 Å². The first-order valence-electron chi connectivity index (χ1n) is 4.10. The number of alkyl halides is 2. The zero-order chi connectivity index (χ0) is 11.0. The van der Waals surface area contributed by atoms with Gasteiger partial charge in [0.1, 0.15) is 0 Å². The van der Waals surface area contributed by atoms with E-state index in [1.54, 1.807) is 6.92 Å². The second-order valence-corrected chi connectivity index (χ2v) is 2.93. The molecule has 80 valence electrons. The van der Waals surface area contributed by atoms with Crippen molar-refractivity contribution in [3.05, 3.63) is 28.2 Å². The number of rotatable bonds is 2. The van der Waals surface area contributed by atoms with E-state index in [1.807, 2.05) is 0 Å². The molecular weight excluding hydrogens is 208 g/mol. The van der Waals surface area contributed by atoms with E-state index in [-0.39, 0.29) is 17.1 Å². The number of aromatic amines is 1. The summed E-state index contributed by atoms with van der Waals surface area (Å²) in [5, 5.41) is 2.36. The first-order valence-corrected chi connectivity index (χ1v) is 4.10. The molecule has 0 saturated carbocycles. The quantitative estimate of drug-likeness (QED) is 0.810. The first-order chi connectivity index (χ1) is 7.06. The number of hydrogen-bond acceptors (Lipinski definition) is 3. The highest BCUT2D eigenvalue weighted by Gasteiger charge is 2.09. The van der Waals surface area contributed by atoms with Crippen molar-refractivity contribution in [1.82, 2.24) is 14.6 Å². The molecular formula is C8H7F2N3O2. The van der Waals surface area contributed by atoms with Crippen LogP contribution in [0, 0.1) is 6.92 Å². The number of ether oxygens (including phenoxy) is 1. The van der Waals surface area contributed by atoms with E-state index in [9.17, 15) is 13.6 Å². The Morgan fingerprint density at radius 2 is 2.27 bits per heavy atom. The lowest BCUT2D eigenvalue weighted by molar-refractivity contribution is -0.0530. The fourth-order valence-electron chi connectivity index (χ4n) is 1.24. The zero-order valence-corrected chi connectivity index (χ0v) is 7.70. The molecule has 0 fully saturated rings. The second-order valence-electron chi connectivity index (χ2n) is 2.93. The van der Waals surface area contributed by atoms with E-state index < -0.39 is 6.61 Å². The summed E-state index contributed by atoms with van der Waals surface area (Å²) in [6.45, 7) is -1.29. The van der Waals surface area contributed by atoms with Gasteiger partial charge in [-0.3, -0.25) is 9.89 Å². The Morgan fingerprint density at radius 3 is 2.93 bits per heavy atom. The summed E-state index contributed by atoms with van der Waals surface area (Å²) in [5.74, 6) is -0.194. The summed E-state index contributed by atoms with van der Waals surface area (Å²) in [6.07, 6.45) is 0. The third kappa shape index (κ3) is 1.80. The lowest BCUT2D eigenvalue weighted by Crippen LogP contribution is -2.14. The summed E-state index contributed by atoms with van der Waals surface area (Å²) in [7, 11) is 0. The number of hydrogen-bond donors (Lipinski definition) is 1. The number of nitrogens with zero attached hydrogens (tertiary/aromatic N) is 2. The van der Waals surface area contributed by atoms with Crippen LogP contribution in [0.3, 0.4) is 0 Å². The van der Waals surface area contributed by atoms with Crippen molar-refractivity contribution in [2.24, 2.45) is 0 Å². The lowest BCUT2D eigenvalue weighted by Gasteiger charge is -1.97. The van der Waals surface area contributed by atoms with Crippen molar-refractivity contribution in [2.75, 3.05) is 0 Å². The van der Waals surface area contributed by atoms with Gasteiger partial charge in [0.15, 0.2) is 5.65 Å². The predicted molar refractivity (Wildman–Crippen MR) is 47.2 cm³/mol. The number of halogens is 2. The fourth-order valence-corrected chi connectivity index (χ4v) is 1.24. The van der Waals surface area contributed by atoms with Gasteiger partial charge in [0, 0.05) is 17.8 Å². The van der Waals surface area contributed by atoms with Crippen LogP contribution >= 0.6 is 0 Å². The highest BCUT2D eigenvalue weighted by atomic mass is 19.3. The van der Waals surface area contributed by atoms with Crippen LogP contribution in [0.15, 0.2) is 16.9 Å². The summed E-state index contributed by atoms with van der Waals surface area (Å²) < 4.78 is 28.9. The van der Waals surface area contributed by atoms with Crippen LogP contribution in [0.2, 0.25) is 0 Å². The maximum Gasteiger partial charge on any atom is 0.388 e. The number of H-pyrrole nitrogens is 1. The van der Waals surface area contributed by atoms with Gasteiger partial charge in [-0.1, -0.05) is 0 Å². The highest BCUT2D eigenvalue weighted by Crippen LogP contribution is 2.12. The second kappa shape index (κ2) is 3.34. The Kier molecular flexibility index (Phi) is 2.14. The molecule has 0 aliphatic rings. The van der Waals surface area contributed by atoms with Gasteiger partial charge in [0.2, 0.25) is 5.88 Å². The molecule has 5 nitrogen and oxygen atoms in total. The molecule has 2 rings (SSSR count). The first kappa shape index (κ1) is 9.63. The van der Waals surface area contributed by atoms with Crippen LogP contribution in [-0.4, -0.2) is 21.2 Å². The third-order valence-corrected chi connectivity index (χ3v) is 1.77.